The Labute approximate surface area is 122 Å². The molecule has 0 aromatic heterocycles. The van der Waals surface area contributed by atoms with Gasteiger partial charge in [-0.2, -0.15) is 0 Å². The molecule has 1 unspecified atom stereocenters. The second-order valence-electron chi connectivity index (χ2n) is 5.68. The third kappa shape index (κ3) is 4.01. The van der Waals surface area contributed by atoms with E-state index in [1.54, 1.807) is 32.9 Å². The molecular weight excluding hydrogens is 276 g/mol. The van der Waals surface area contributed by atoms with Crippen molar-refractivity contribution >= 4 is 17.9 Å². The number of nitrogens with one attached hydrogen (secondary N) is 2. The van der Waals surface area contributed by atoms with Crippen LogP contribution in [0.5, 0.6) is 5.75 Å². The number of benzene rings is 1. The van der Waals surface area contributed by atoms with Crippen LogP contribution in [-0.4, -0.2) is 29.4 Å². The fraction of sp³-hybridized carbons (Fsp3) is 0.429. The number of alkyl carbamates (subject to hydrolysis) is 1. The van der Waals surface area contributed by atoms with Crippen LogP contribution < -0.4 is 10.6 Å². The lowest BCUT2D eigenvalue weighted by Gasteiger charge is -2.20. The van der Waals surface area contributed by atoms with Crippen LogP contribution in [0, 0.1) is 0 Å². The van der Waals surface area contributed by atoms with Gasteiger partial charge in [0.25, 0.3) is 0 Å². The van der Waals surface area contributed by atoms with E-state index in [0.29, 0.717) is 12.1 Å². The Morgan fingerprint density at radius 1 is 1.48 bits per heavy atom. The number of rotatable bonds is 2. The van der Waals surface area contributed by atoms with E-state index in [0.717, 1.165) is 0 Å². The Bertz CT molecular complexity index is 565. The number of cyclic esters (lactones) is 1. The van der Waals surface area contributed by atoms with Gasteiger partial charge in [-0.1, -0.05) is 6.07 Å². The van der Waals surface area contributed by atoms with Gasteiger partial charge in [0.15, 0.2) is 0 Å². The van der Waals surface area contributed by atoms with Gasteiger partial charge in [0.05, 0.1) is 12.2 Å². The third-order valence-corrected chi connectivity index (χ3v) is 2.71. The van der Waals surface area contributed by atoms with Crippen molar-refractivity contribution in [3.8, 4) is 5.75 Å². The van der Waals surface area contributed by atoms with Gasteiger partial charge in [-0.15, -0.1) is 0 Å². The summed E-state index contributed by atoms with van der Waals surface area (Å²) in [6.45, 7) is 5.57. The third-order valence-electron chi connectivity index (χ3n) is 2.71. The Morgan fingerprint density at radius 2 is 2.19 bits per heavy atom. The number of ether oxygens (including phenoxy) is 2. The van der Waals surface area contributed by atoms with Gasteiger partial charge in [0.1, 0.15) is 17.5 Å². The lowest BCUT2D eigenvalue weighted by atomic mass is 10.1. The van der Waals surface area contributed by atoms with Crippen LogP contribution in [0.25, 0.3) is 0 Å². The summed E-state index contributed by atoms with van der Waals surface area (Å²) in [5.74, 6) is -0.0955. The maximum absolute atomic E-state index is 11.7. The summed E-state index contributed by atoms with van der Waals surface area (Å²) in [4.78, 5) is 22.8. The van der Waals surface area contributed by atoms with Crippen LogP contribution in [0.2, 0.25) is 0 Å². The van der Waals surface area contributed by atoms with Crippen molar-refractivity contribution in [2.45, 2.75) is 32.5 Å². The van der Waals surface area contributed by atoms with E-state index in [1.807, 2.05) is 0 Å². The maximum Gasteiger partial charge on any atom is 0.412 e. The molecule has 1 heterocycles. The number of amides is 2. The van der Waals surface area contributed by atoms with Gasteiger partial charge in [0.2, 0.25) is 0 Å². The Kier molecular flexibility index (Phi) is 3.93. The first-order valence-electron chi connectivity index (χ1n) is 6.52. The highest BCUT2D eigenvalue weighted by Crippen LogP contribution is 2.30. The fourth-order valence-corrected chi connectivity index (χ4v) is 1.84. The smallest absolute Gasteiger partial charge is 0.412 e. The Balaban J connectivity index is 2.12. The molecule has 0 bridgehead atoms. The lowest BCUT2D eigenvalue weighted by Crippen LogP contribution is -2.27. The normalized spacial score (nSPS) is 17.9. The summed E-state index contributed by atoms with van der Waals surface area (Å²) in [6, 6.07) is 4.60. The minimum Gasteiger partial charge on any atom is -0.506 e. The molecule has 0 spiro atoms. The number of phenols is 1. The van der Waals surface area contributed by atoms with Gasteiger partial charge in [-0.05, 0) is 38.5 Å². The molecule has 0 aliphatic carbocycles. The van der Waals surface area contributed by atoms with Gasteiger partial charge < -0.3 is 19.9 Å². The van der Waals surface area contributed by atoms with Crippen molar-refractivity contribution < 1.29 is 24.2 Å². The van der Waals surface area contributed by atoms with E-state index >= 15 is 0 Å². The molecule has 2 amide bonds. The molecule has 1 aromatic rings. The van der Waals surface area contributed by atoms with Crippen molar-refractivity contribution in [1.82, 2.24) is 5.32 Å². The summed E-state index contributed by atoms with van der Waals surface area (Å²) in [5.41, 5.74) is 0.226. The predicted molar refractivity (Wildman–Crippen MR) is 75.2 cm³/mol. The predicted octanol–water partition coefficient (Wildman–Crippen LogP) is 2.52. The average Bonchev–Trinajstić information content (AvgIpc) is 2.76. The highest BCUT2D eigenvalue weighted by molar-refractivity contribution is 5.87. The minimum atomic E-state index is -0.670. The number of phenolic OH excluding ortho intramolecular Hbond substituents is 1. The molecule has 1 aliphatic heterocycles. The van der Waals surface area contributed by atoms with Crippen LogP contribution in [0.1, 0.15) is 32.4 Å². The molecule has 2 rings (SSSR count). The van der Waals surface area contributed by atoms with Gasteiger partial charge in [0, 0.05) is 0 Å². The van der Waals surface area contributed by atoms with Crippen molar-refractivity contribution in [1.29, 1.82) is 0 Å². The van der Waals surface area contributed by atoms with E-state index < -0.39 is 23.9 Å². The Hall–Kier alpha value is -2.44. The summed E-state index contributed by atoms with van der Waals surface area (Å²) < 4.78 is 10.2. The number of carbonyl (C=O) groups is 2. The number of hydrogen-bond donors (Lipinski definition) is 3. The van der Waals surface area contributed by atoms with Crippen molar-refractivity contribution in [2.75, 3.05) is 11.9 Å². The van der Waals surface area contributed by atoms with Crippen molar-refractivity contribution in [3.05, 3.63) is 23.8 Å². The van der Waals surface area contributed by atoms with Crippen LogP contribution in [-0.2, 0) is 9.47 Å². The zero-order valence-electron chi connectivity index (χ0n) is 12.1. The van der Waals surface area contributed by atoms with Gasteiger partial charge in [-0.25, -0.2) is 9.59 Å². The van der Waals surface area contributed by atoms with E-state index in [9.17, 15) is 14.7 Å². The maximum atomic E-state index is 11.7. The second-order valence-corrected chi connectivity index (χ2v) is 5.68. The van der Waals surface area contributed by atoms with E-state index in [-0.39, 0.29) is 11.4 Å². The highest BCUT2D eigenvalue weighted by atomic mass is 16.6. The van der Waals surface area contributed by atoms with E-state index in [1.165, 1.54) is 6.07 Å². The van der Waals surface area contributed by atoms with Gasteiger partial charge >= 0.3 is 12.2 Å². The summed E-state index contributed by atoms with van der Waals surface area (Å²) in [6.07, 6.45) is -1.61. The molecule has 1 saturated heterocycles. The van der Waals surface area contributed by atoms with E-state index in [4.69, 9.17) is 9.47 Å². The number of hydrogen-bond acceptors (Lipinski definition) is 5. The molecule has 21 heavy (non-hydrogen) atoms. The van der Waals surface area contributed by atoms with Crippen molar-refractivity contribution in [2.24, 2.45) is 0 Å². The monoisotopic (exact) mass is 294 g/mol. The van der Waals surface area contributed by atoms with Crippen molar-refractivity contribution in [3.63, 3.8) is 0 Å². The number of carbonyl (C=O) groups excluding carboxylic acids is 2. The minimum absolute atomic E-state index is 0.0955. The zero-order chi connectivity index (χ0) is 15.6. The fourth-order valence-electron chi connectivity index (χ4n) is 1.84. The first-order chi connectivity index (χ1) is 9.74. The molecule has 0 radical (unpaired) electrons. The molecule has 7 nitrogen and oxygen atoms in total. The molecule has 1 aromatic carbocycles. The first kappa shape index (κ1) is 15.0. The molecule has 1 atom stereocenters. The second kappa shape index (κ2) is 5.51. The molecule has 3 N–H and O–H groups in total. The number of anilines is 1. The number of aromatic hydroxyl groups is 1. The molecule has 0 saturated carbocycles. The summed E-state index contributed by atoms with van der Waals surface area (Å²) in [7, 11) is 0. The Morgan fingerprint density at radius 3 is 2.76 bits per heavy atom. The highest BCUT2D eigenvalue weighted by Gasteiger charge is 2.25. The molecule has 1 fully saturated rings. The largest absolute Gasteiger partial charge is 0.506 e. The van der Waals surface area contributed by atoms with E-state index in [2.05, 4.69) is 10.6 Å². The first-order valence-corrected chi connectivity index (χ1v) is 6.52. The summed E-state index contributed by atoms with van der Waals surface area (Å²) >= 11 is 0. The zero-order valence-corrected chi connectivity index (χ0v) is 12.1. The lowest BCUT2D eigenvalue weighted by molar-refractivity contribution is 0.0635. The topological polar surface area (TPSA) is 96.9 Å². The van der Waals surface area contributed by atoms with Crippen LogP contribution >= 0.6 is 0 Å². The van der Waals surface area contributed by atoms with Crippen LogP contribution in [0.4, 0.5) is 15.3 Å². The molecule has 114 valence electrons. The van der Waals surface area contributed by atoms with Crippen LogP contribution in [0.3, 0.4) is 0 Å². The molecule has 1 aliphatic rings. The molecular formula is C14H18N2O5. The van der Waals surface area contributed by atoms with Gasteiger partial charge in [-0.3, -0.25) is 5.32 Å². The van der Waals surface area contributed by atoms with Crippen LogP contribution in [0.15, 0.2) is 18.2 Å². The summed E-state index contributed by atoms with van der Waals surface area (Å²) in [5, 5.41) is 14.8. The standard InChI is InChI=1S/C14H18N2O5/c1-14(2,3)21-13(19)16-9-6-8(4-5-10(9)17)11-7-15-12(18)20-11/h4-6,11,17H,7H2,1-3H3,(H,15,18)(H,16,19). The average molecular weight is 294 g/mol. The quantitative estimate of drug-likeness (QED) is 0.728. The SMILES string of the molecule is CC(C)(C)OC(=O)Nc1cc(C2CNC(=O)O2)ccc1O. The molecule has 7 heteroatoms.